The fourth-order valence-electron chi connectivity index (χ4n) is 2.28. The molecule has 0 aliphatic heterocycles. The Kier molecular flexibility index (Phi) is 8.06. The number of urea groups is 1. The van der Waals surface area contributed by atoms with Crippen molar-refractivity contribution in [2.24, 2.45) is 5.92 Å². The fourth-order valence-corrected chi connectivity index (χ4v) is 3.25. The number of thiazole rings is 1. The minimum Gasteiger partial charge on any atom is -0.461 e. The highest BCUT2D eigenvalue weighted by molar-refractivity contribution is 7.09. The van der Waals surface area contributed by atoms with Gasteiger partial charge in [-0.3, -0.25) is 0 Å². The first-order valence-electron chi connectivity index (χ1n) is 8.82. The number of hydrogen-bond donors (Lipinski definition) is 1. The number of hydrogen-bond acceptors (Lipinski definition) is 5. The van der Waals surface area contributed by atoms with Gasteiger partial charge < -0.3 is 15.0 Å². The number of anilines is 1. The van der Waals surface area contributed by atoms with E-state index in [1.807, 2.05) is 0 Å². The van der Waals surface area contributed by atoms with Gasteiger partial charge in [0.1, 0.15) is 5.01 Å². The molecule has 1 heterocycles. The van der Waals surface area contributed by atoms with Crippen LogP contribution in [0, 0.1) is 5.92 Å². The molecule has 0 aliphatic carbocycles. The average Bonchev–Trinajstić information content (AvgIpc) is 3.07. The zero-order chi connectivity index (χ0) is 19.8. The quantitative estimate of drug-likeness (QED) is 0.619. The standard InChI is InChI=1S/C19H24ClN3O3S/c1-4-26-18(24)16-12-27-17(22-16)11-23(9-8-13(2)3)19(25)21-15-7-5-6-14(20)10-15/h5-7,10,12-13H,4,8-9,11H2,1-3H3,(H,21,25). The second kappa shape index (κ2) is 10.3. The number of nitrogens with one attached hydrogen (secondary N) is 1. The Labute approximate surface area is 168 Å². The minimum absolute atomic E-state index is 0.231. The molecule has 0 spiro atoms. The molecular formula is C19H24ClN3O3S. The van der Waals surface area contributed by atoms with E-state index >= 15 is 0 Å². The maximum Gasteiger partial charge on any atom is 0.357 e. The van der Waals surface area contributed by atoms with Crippen molar-refractivity contribution in [3.05, 3.63) is 45.4 Å². The molecule has 1 aromatic carbocycles. The Morgan fingerprint density at radius 2 is 2.15 bits per heavy atom. The molecule has 0 fully saturated rings. The van der Waals surface area contributed by atoms with E-state index in [0.29, 0.717) is 41.3 Å². The van der Waals surface area contributed by atoms with E-state index in [9.17, 15) is 9.59 Å². The lowest BCUT2D eigenvalue weighted by atomic mass is 10.1. The van der Waals surface area contributed by atoms with E-state index in [1.54, 1.807) is 41.5 Å². The van der Waals surface area contributed by atoms with E-state index in [0.717, 1.165) is 6.42 Å². The van der Waals surface area contributed by atoms with Crippen LogP contribution in [0.15, 0.2) is 29.6 Å². The zero-order valence-electron chi connectivity index (χ0n) is 15.7. The van der Waals surface area contributed by atoms with Crippen LogP contribution in [0.2, 0.25) is 5.02 Å². The molecule has 0 saturated heterocycles. The Morgan fingerprint density at radius 1 is 1.37 bits per heavy atom. The van der Waals surface area contributed by atoms with Crippen molar-refractivity contribution >= 4 is 40.6 Å². The predicted octanol–water partition coefficient (Wildman–Crippen LogP) is 5.05. The summed E-state index contributed by atoms with van der Waals surface area (Å²) < 4.78 is 4.96. The van der Waals surface area contributed by atoms with Crippen molar-refractivity contribution in [2.75, 3.05) is 18.5 Å². The van der Waals surface area contributed by atoms with Crippen LogP contribution in [0.5, 0.6) is 0 Å². The molecular weight excluding hydrogens is 386 g/mol. The molecule has 0 aliphatic rings. The van der Waals surface area contributed by atoms with Crippen LogP contribution in [-0.4, -0.2) is 35.0 Å². The first-order chi connectivity index (χ1) is 12.9. The van der Waals surface area contributed by atoms with Gasteiger partial charge in [-0.1, -0.05) is 31.5 Å². The van der Waals surface area contributed by atoms with E-state index in [4.69, 9.17) is 16.3 Å². The minimum atomic E-state index is -0.447. The molecule has 0 atom stereocenters. The molecule has 6 nitrogen and oxygen atoms in total. The van der Waals surface area contributed by atoms with Gasteiger partial charge in [0.25, 0.3) is 0 Å². The van der Waals surface area contributed by atoms with Crippen LogP contribution in [0.4, 0.5) is 10.5 Å². The lowest BCUT2D eigenvalue weighted by Crippen LogP contribution is -2.35. The Morgan fingerprint density at radius 3 is 2.81 bits per heavy atom. The Balaban J connectivity index is 2.09. The lowest BCUT2D eigenvalue weighted by Gasteiger charge is -2.23. The Hall–Kier alpha value is -2.12. The maximum absolute atomic E-state index is 12.7. The number of amides is 2. The fraction of sp³-hybridized carbons (Fsp3) is 0.421. The van der Waals surface area contributed by atoms with Crippen molar-refractivity contribution < 1.29 is 14.3 Å². The molecule has 2 amide bonds. The number of carbonyl (C=O) groups excluding carboxylic acids is 2. The third-order valence-electron chi connectivity index (χ3n) is 3.70. The highest BCUT2D eigenvalue weighted by Gasteiger charge is 2.18. The molecule has 0 radical (unpaired) electrons. The number of ether oxygens (including phenoxy) is 1. The molecule has 8 heteroatoms. The summed E-state index contributed by atoms with van der Waals surface area (Å²) in [5, 5.41) is 5.76. The first-order valence-corrected chi connectivity index (χ1v) is 10.1. The molecule has 0 saturated carbocycles. The summed E-state index contributed by atoms with van der Waals surface area (Å²) in [7, 11) is 0. The average molecular weight is 410 g/mol. The monoisotopic (exact) mass is 409 g/mol. The topological polar surface area (TPSA) is 71.5 Å². The van der Waals surface area contributed by atoms with Crippen molar-refractivity contribution in [1.82, 2.24) is 9.88 Å². The SMILES string of the molecule is CCOC(=O)c1csc(CN(CCC(C)C)C(=O)Nc2cccc(Cl)c2)n1. The highest BCUT2D eigenvalue weighted by atomic mass is 35.5. The van der Waals surface area contributed by atoms with Crippen LogP contribution in [0.3, 0.4) is 0 Å². The number of halogens is 1. The maximum atomic E-state index is 12.7. The predicted molar refractivity (Wildman–Crippen MR) is 108 cm³/mol. The summed E-state index contributed by atoms with van der Waals surface area (Å²) >= 11 is 7.32. The summed E-state index contributed by atoms with van der Waals surface area (Å²) in [5.41, 5.74) is 0.907. The summed E-state index contributed by atoms with van der Waals surface area (Å²) in [6.07, 6.45) is 0.860. The molecule has 2 aromatic rings. The van der Waals surface area contributed by atoms with Crippen molar-refractivity contribution in [2.45, 2.75) is 33.7 Å². The Bertz CT molecular complexity index is 779. The lowest BCUT2D eigenvalue weighted by molar-refractivity contribution is 0.0520. The number of esters is 1. The van der Waals surface area contributed by atoms with Crippen molar-refractivity contribution in [1.29, 1.82) is 0 Å². The smallest absolute Gasteiger partial charge is 0.357 e. The number of aromatic nitrogens is 1. The number of rotatable bonds is 8. The van der Waals surface area contributed by atoms with Crippen molar-refractivity contribution in [3.63, 3.8) is 0 Å². The second-order valence-corrected chi connectivity index (χ2v) is 7.77. The summed E-state index contributed by atoms with van der Waals surface area (Å²) in [5.74, 6) is 0.00923. The van der Waals surface area contributed by atoms with Crippen LogP contribution in [0.1, 0.15) is 42.7 Å². The number of carbonyl (C=O) groups is 2. The second-order valence-electron chi connectivity index (χ2n) is 6.39. The van der Waals surface area contributed by atoms with E-state index in [1.165, 1.54) is 11.3 Å². The van der Waals surface area contributed by atoms with Crippen LogP contribution in [0.25, 0.3) is 0 Å². The van der Waals surface area contributed by atoms with Gasteiger partial charge in [0, 0.05) is 22.6 Å². The normalized spacial score (nSPS) is 10.7. The number of nitrogens with zero attached hydrogens (tertiary/aromatic N) is 2. The number of benzene rings is 1. The van der Waals surface area contributed by atoms with Gasteiger partial charge in [0.15, 0.2) is 5.69 Å². The van der Waals surface area contributed by atoms with Gasteiger partial charge in [-0.2, -0.15) is 0 Å². The van der Waals surface area contributed by atoms with E-state index in [-0.39, 0.29) is 11.7 Å². The summed E-state index contributed by atoms with van der Waals surface area (Å²) in [6.45, 7) is 7.17. The molecule has 0 unspecified atom stereocenters. The third-order valence-corrected chi connectivity index (χ3v) is 4.77. The molecule has 27 heavy (non-hydrogen) atoms. The van der Waals surface area contributed by atoms with Gasteiger partial charge in [0.2, 0.25) is 0 Å². The van der Waals surface area contributed by atoms with Gasteiger partial charge in [-0.05, 0) is 37.5 Å². The van der Waals surface area contributed by atoms with Crippen LogP contribution in [-0.2, 0) is 11.3 Å². The van der Waals surface area contributed by atoms with E-state index < -0.39 is 5.97 Å². The zero-order valence-corrected chi connectivity index (χ0v) is 17.3. The summed E-state index contributed by atoms with van der Waals surface area (Å²) in [6, 6.07) is 6.78. The highest BCUT2D eigenvalue weighted by Crippen LogP contribution is 2.18. The van der Waals surface area contributed by atoms with Gasteiger partial charge >= 0.3 is 12.0 Å². The summed E-state index contributed by atoms with van der Waals surface area (Å²) in [4.78, 5) is 30.5. The van der Waals surface area contributed by atoms with E-state index in [2.05, 4.69) is 24.1 Å². The molecule has 0 bridgehead atoms. The van der Waals surface area contributed by atoms with Gasteiger partial charge in [-0.15, -0.1) is 11.3 Å². The molecule has 1 aromatic heterocycles. The molecule has 146 valence electrons. The van der Waals surface area contributed by atoms with Gasteiger partial charge in [0.05, 0.1) is 13.2 Å². The van der Waals surface area contributed by atoms with Crippen LogP contribution >= 0.6 is 22.9 Å². The van der Waals surface area contributed by atoms with Crippen molar-refractivity contribution in [3.8, 4) is 0 Å². The largest absolute Gasteiger partial charge is 0.461 e. The first kappa shape index (κ1) is 21.2. The van der Waals surface area contributed by atoms with Crippen LogP contribution < -0.4 is 5.32 Å². The van der Waals surface area contributed by atoms with Gasteiger partial charge in [-0.25, -0.2) is 14.6 Å². The molecule has 1 N–H and O–H groups in total. The third kappa shape index (κ3) is 6.84. The molecule has 2 rings (SSSR count).